The second-order valence-electron chi connectivity index (χ2n) is 3.57. The molecule has 90 valence electrons. The zero-order valence-corrected chi connectivity index (χ0v) is 10.3. The first-order valence-corrected chi connectivity index (χ1v) is 6.49. The summed E-state index contributed by atoms with van der Waals surface area (Å²) in [6.07, 6.45) is 2.53. The van der Waals surface area contributed by atoms with Crippen LogP contribution in [0.5, 0.6) is 0 Å². The lowest BCUT2D eigenvalue weighted by Gasteiger charge is -2.15. The Bertz CT molecular complexity index is 335. The van der Waals surface area contributed by atoms with Crippen LogP contribution in [0.1, 0.15) is 22.6 Å². The molecule has 1 unspecified atom stereocenters. The van der Waals surface area contributed by atoms with Crippen molar-refractivity contribution in [3.63, 3.8) is 0 Å². The van der Waals surface area contributed by atoms with E-state index < -0.39 is 0 Å². The Balaban J connectivity index is 2.54. The minimum atomic E-state index is -0.197. The zero-order chi connectivity index (χ0) is 12.0. The summed E-state index contributed by atoms with van der Waals surface area (Å²) in [5, 5.41) is 18.3. The van der Waals surface area contributed by atoms with E-state index in [4.69, 9.17) is 5.11 Å². The van der Waals surface area contributed by atoms with Gasteiger partial charge in [-0.3, -0.25) is 9.89 Å². The summed E-state index contributed by atoms with van der Waals surface area (Å²) in [5.74, 6) is 0.590. The van der Waals surface area contributed by atoms with E-state index in [1.54, 1.807) is 17.8 Å². The first-order chi connectivity index (χ1) is 7.67. The minimum Gasteiger partial charge on any atom is -0.396 e. The van der Waals surface area contributed by atoms with Crippen LogP contribution in [0.15, 0.2) is 6.07 Å². The quantitative estimate of drug-likeness (QED) is 0.682. The molecule has 0 aliphatic heterocycles. The first kappa shape index (κ1) is 13.1. The number of aryl methyl sites for hydroxylation is 1. The van der Waals surface area contributed by atoms with Crippen molar-refractivity contribution in [3.8, 4) is 0 Å². The molecule has 6 heteroatoms. The number of aliphatic hydroxyl groups excluding tert-OH is 1. The highest BCUT2D eigenvalue weighted by Gasteiger charge is 2.14. The molecule has 1 aromatic rings. The topological polar surface area (TPSA) is 78.0 Å². The Kier molecular flexibility index (Phi) is 5.34. The van der Waals surface area contributed by atoms with Crippen LogP contribution in [-0.4, -0.2) is 45.9 Å². The van der Waals surface area contributed by atoms with E-state index in [0.29, 0.717) is 12.1 Å². The molecule has 0 aromatic carbocycles. The molecular formula is C10H17N3O2S. The molecule has 0 fully saturated rings. The van der Waals surface area contributed by atoms with Crippen LogP contribution in [0.4, 0.5) is 0 Å². The molecule has 1 rings (SSSR count). The summed E-state index contributed by atoms with van der Waals surface area (Å²) in [5.41, 5.74) is 1.25. The number of nitrogens with one attached hydrogen (secondary N) is 2. The number of carbonyl (C=O) groups is 1. The summed E-state index contributed by atoms with van der Waals surface area (Å²) in [7, 11) is 0. The second kappa shape index (κ2) is 6.55. The fraction of sp³-hybridized carbons (Fsp3) is 0.600. The van der Waals surface area contributed by atoms with Crippen molar-refractivity contribution in [1.29, 1.82) is 0 Å². The van der Waals surface area contributed by atoms with E-state index in [-0.39, 0.29) is 18.6 Å². The number of aliphatic hydroxyl groups is 1. The van der Waals surface area contributed by atoms with Gasteiger partial charge in [0.2, 0.25) is 0 Å². The van der Waals surface area contributed by atoms with Crippen molar-refractivity contribution >= 4 is 17.7 Å². The van der Waals surface area contributed by atoms with E-state index in [9.17, 15) is 4.79 Å². The lowest BCUT2D eigenvalue weighted by Crippen LogP contribution is -2.37. The van der Waals surface area contributed by atoms with E-state index in [2.05, 4.69) is 15.5 Å². The number of hydrogen-bond acceptors (Lipinski definition) is 4. The van der Waals surface area contributed by atoms with Crippen LogP contribution in [-0.2, 0) is 0 Å². The van der Waals surface area contributed by atoms with E-state index in [1.165, 1.54) is 0 Å². The standard InChI is InChI=1S/C10H17N3O2S/c1-7-5-9(13-12-7)10(15)11-8(3-4-14)6-16-2/h5,8,14H,3-4,6H2,1-2H3,(H,11,15)(H,12,13). The van der Waals surface area contributed by atoms with Crippen molar-refractivity contribution < 1.29 is 9.90 Å². The summed E-state index contributed by atoms with van der Waals surface area (Å²) in [4.78, 5) is 11.7. The number of hydrogen-bond donors (Lipinski definition) is 3. The molecule has 0 spiro atoms. The molecule has 1 amide bonds. The van der Waals surface area contributed by atoms with Crippen molar-refractivity contribution in [2.24, 2.45) is 0 Å². The van der Waals surface area contributed by atoms with Crippen molar-refractivity contribution in [1.82, 2.24) is 15.5 Å². The smallest absolute Gasteiger partial charge is 0.272 e. The number of H-pyrrole nitrogens is 1. The fourth-order valence-electron chi connectivity index (χ4n) is 1.35. The molecule has 16 heavy (non-hydrogen) atoms. The predicted molar refractivity (Wildman–Crippen MR) is 64.7 cm³/mol. The van der Waals surface area contributed by atoms with Gasteiger partial charge in [-0.15, -0.1) is 0 Å². The minimum absolute atomic E-state index is 0.00972. The molecule has 0 radical (unpaired) electrons. The normalized spacial score (nSPS) is 12.4. The highest BCUT2D eigenvalue weighted by atomic mass is 32.2. The molecule has 0 bridgehead atoms. The number of rotatable bonds is 6. The molecule has 0 aliphatic rings. The Morgan fingerprint density at radius 2 is 2.50 bits per heavy atom. The van der Waals surface area contributed by atoms with E-state index in [0.717, 1.165) is 11.4 Å². The molecule has 5 nitrogen and oxygen atoms in total. The summed E-state index contributed by atoms with van der Waals surface area (Å²) in [6, 6.07) is 1.69. The van der Waals surface area contributed by atoms with Gasteiger partial charge in [-0.2, -0.15) is 16.9 Å². The van der Waals surface area contributed by atoms with Gasteiger partial charge >= 0.3 is 0 Å². The monoisotopic (exact) mass is 243 g/mol. The van der Waals surface area contributed by atoms with Crippen LogP contribution in [0.3, 0.4) is 0 Å². The summed E-state index contributed by atoms with van der Waals surface area (Å²) in [6.45, 7) is 1.92. The molecule has 3 N–H and O–H groups in total. The summed E-state index contributed by atoms with van der Waals surface area (Å²) >= 11 is 1.64. The van der Waals surface area contributed by atoms with Crippen molar-refractivity contribution in [3.05, 3.63) is 17.5 Å². The maximum absolute atomic E-state index is 11.7. The third kappa shape index (κ3) is 3.86. The Labute approximate surface area is 99.0 Å². The third-order valence-electron chi connectivity index (χ3n) is 2.12. The van der Waals surface area contributed by atoms with Crippen LogP contribution in [0, 0.1) is 6.92 Å². The molecule has 0 saturated heterocycles. The lowest BCUT2D eigenvalue weighted by atomic mass is 10.2. The Morgan fingerprint density at radius 1 is 1.75 bits per heavy atom. The average Bonchev–Trinajstić information content (AvgIpc) is 2.65. The Hall–Kier alpha value is -1.01. The van der Waals surface area contributed by atoms with Crippen LogP contribution in [0.25, 0.3) is 0 Å². The van der Waals surface area contributed by atoms with Gasteiger partial charge in [0, 0.05) is 24.1 Å². The molecule has 1 aromatic heterocycles. The van der Waals surface area contributed by atoms with E-state index >= 15 is 0 Å². The van der Waals surface area contributed by atoms with Crippen LogP contribution >= 0.6 is 11.8 Å². The number of aromatic nitrogens is 2. The molecule has 0 saturated carbocycles. The highest BCUT2D eigenvalue weighted by Crippen LogP contribution is 2.04. The number of carbonyl (C=O) groups excluding carboxylic acids is 1. The first-order valence-electron chi connectivity index (χ1n) is 5.10. The van der Waals surface area contributed by atoms with Gasteiger partial charge in [0.05, 0.1) is 0 Å². The van der Waals surface area contributed by atoms with E-state index in [1.807, 2.05) is 13.2 Å². The van der Waals surface area contributed by atoms with Gasteiger partial charge in [-0.25, -0.2) is 0 Å². The molecule has 1 atom stereocenters. The largest absolute Gasteiger partial charge is 0.396 e. The lowest BCUT2D eigenvalue weighted by molar-refractivity contribution is 0.0930. The Morgan fingerprint density at radius 3 is 3.00 bits per heavy atom. The van der Waals surface area contributed by atoms with Gasteiger partial charge < -0.3 is 10.4 Å². The zero-order valence-electron chi connectivity index (χ0n) is 9.49. The molecule has 1 heterocycles. The SMILES string of the molecule is CSCC(CCO)NC(=O)c1cc(C)[nH]n1. The number of aromatic amines is 1. The summed E-state index contributed by atoms with van der Waals surface area (Å²) < 4.78 is 0. The molecule has 0 aliphatic carbocycles. The van der Waals surface area contributed by atoms with Gasteiger partial charge in [0.25, 0.3) is 5.91 Å². The number of thioether (sulfide) groups is 1. The van der Waals surface area contributed by atoms with Gasteiger partial charge in [-0.1, -0.05) is 0 Å². The van der Waals surface area contributed by atoms with Gasteiger partial charge in [0.15, 0.2) is 0 Å². The fourth-order valence-corrected chi connectivity index (χ4v) is 2.00. The maximum atomic E-state index is 11.7. The molecular weight excluding hydrogens is 226 g/mol. The van der Waals surface area contributed by atoms with Gasteiger partial charge in [0.1, 0.15) is 5.69 Å². The van der Waals surface area contributed by atoms with Crippen LogP contribution < -0.4 is 5.32 Å². The predicted octanol–water partition coefficient (Wildman–Crippen LogP) is 0.562. The van der Waals surface area contributed by atoms with Crippen molar-refractivity contribution in [2.75, 3.05) is 18.6 Å². The maximum Gasteiger partial charge on any atom is 0.272 e. The highest BCUT2D eigenvalue weighted by molar-refractivity contribution is 7.98. The van der Waals surface area contributed by atoms with Gasteiger partial charge in [-0.05, 0) is 25.7 Å². The van der Waals surface area contributed by atoms with Crippen LogP contribution in [0.2, 0.25) is 0 Å². The number of nitrogens with zero attached hydrogens (tertiary/aromatic N) is 1. The third-order valence-corrected chi connectivity index (χ3v) is 2.85. The second-order valence-corrected chi connectivity index (χ2v) is 4.48. The number of amides is 1. The van der Waals surface area contributed by atoms with Crippen molar-refractivity contribution in [2.45, 2.75) is 19.4 Å². The average molecular weight is 243 g/mol.